The molecule has 0 fully saturated rings. The minimum Gasteiger partial charge on any atom is -0.440 e. The van der Waals surface area contributed by atoms with Crippen LogP contribution in [0.25, 0.3) is 0 Å². The van der Waals surface area contributed by atoms with E-state index in [-0.39, 0.29) is 11.0 Å². The van der Waals surface area contributed by atoms with Crippen LogP contribution in [0, 0.1) is 8.99 Å². The van der Waals surface area contributed by atoms with Gasteiger partial charge >= 0.3 is 0 Å². The minimum absolute atomic E-state index is 0.206. The highest BCUT2D eigenvalue weighted by molar-refractivity contribution is 14.1. The van der Waals surface area contributed by atoms with Gasteiger partial charge < -0.3 is 14.8 Å². The largest absolute Gasteiger partial charge is 0.440 e. The first-order valence-electron chi connectivity index (χ1n) is 6.50. The summed E-state index contributed by atoms with van der Waals surface area (Å²) in [6.07, 6.45) is 0. The van der Waals surface area contributed by atoms with Gasteiger partial charge in [-0.1, -0.05) is 26.8 Å². The van der Waals surface area contributed by atoms with E-state index in [2.05, 4.69) is 48.7 Å². The zero-order valence-corrected chi connectivity index (χ0v) is 14.6. The second-order valence-corrected chi connectivity index (χ2v) is 8.09. The highest BCUT2D eigenvalue weighted by Crippen LogP contribution is 2.48. The summed E-state index contributed by atoms with van der Waals surface area (Å²) < 4.78 is 13.6. The van der Waals surface area contributed by atoms with Crippen LogP contribution in [0.3, 0.4) is 0 Å². The first-order chi connectivity index (χ1) is 8.54. The monoisotopic (exact) mass is 375 g/mol. The maximum atomic E-state index is 6.25. The molecule has 0 radical (unpaired) electrons. The van der Waals surface area contributed by atoms with E-state index >= 15 is 0 Å². The van der Waals surface area contributed by atoms with Crippen LogP contribution >= 0.6 is 22.6 Å². The molecular formula is C15H22INO2. The highest BCUT2D eigenvalue weighted by Gasteiger charge is 2.53. The number of ether oxygens (including phenoxy) is 2. The smallest absolute Gasteiger partial charge is 0.298 e. The molecule has 0 bridgehead atoms. The zero-order valence-electron chi connectivity index (χ0n) is 12.4. The van der Waals surface area contributed by atoms with E-state index in [1.807, 2.05) is 39.0 Å². The summed E-state index contributed by atoms with van der Waals surface area (Å²) in [5, 5.41) is 3.44. The van der Waals surface area contributed by atoms with Gasteiger partial charge in [-0.05, 0) is 55.5 Å². The molecular weight excluding hydrogens is 353 g/mol. The van der Waals surface area contributed by atoms with Crippen molar-refractivity contribution < 1.29 is 9.47 Å². The Balaban J connectivity index is 2.43. The van der Waals surface area contributed by atoms with Crippen molar-refractivity contribution in [1.82, 2.24) is 0 Å². The molecule has 4 heteroatoms. The summed E-state index contributed by atoms with van der Waals surface area (Å²) in [7, 11) is 0. The number of rotatable bonds is 1. The molecule has 19 heavy (non-hydrogen) atoms. The van der Waals surface area contributed by atoms with E-state index < -0.39 is 5.91 Å². The number of anilines is 1. The number of para-hydroxylation sites is 1. The van der Waals surface area contributed by atoms with Gasteiger partial charge in [-0.2, -0.15) is 0 Å². The van der Waals surface area contributed by atoms with Crippen molar-refractivity contribution in [2.75, 3.05) is 5.32 Å². The van der Waals surface area contributed by atoms with Gasteiger partial charge in [0.15, 0.2) is 5.75 Å². The van der Waals surface area contributed by atoms with E-state index in [4.69, 9.17) is 9.47 Å². The van der Waals surface area contributed by atoms with E-state index in [0.717, 1.165) is 15.0 Å². The summed E-state index contributed by atoms with van der Waals surface area (Å²) in [5.41, 5.74) is 0.488. The van der Waals surface area contributed by atoms with Crippen molar-refractivity contribution in [2.24, 2.45) is 5.41 Å². The van der Waals surface area contributed by atoms with Crippen LogP contribution in [0.2, 0.25) is 0 Å². The van der Waals surface area contributed by atoms with E-state index in [0.29, 0.717) is 0 Å². The second kappa shape index (κ2) is 4.52. The molecule has 0 aromatic heterocycles. The number of hydrogen-bond acceptors (Lipinski definition) is 3. The fourth-order valence-corrected chi connectivity index (χ4v) is 2.64. The number of halogens is 1. The lowest BCUT2D eigenvalue weighted by Crippen LogP contribution is -2.57. The minimum atomic E-state index is -0.838. The Hall–Kier alpha value is -0.490. The number of benzene rings is 1. The van der Waals surface area contributed by atoms with Gasteiger partial charge in [0, 0.05) is 5.41 Å². The predicted octanol–water partition coefficient (Wildman–Crippen LogP) is 4.61. The molecule has 0 spiro atoms. The zero-order chi connectivity index (χ0) is 14.5. The van der Waals surface area contributed by atoms with Crippen molar-refractivity contribution in [3.63, 3.8) is 0 Å². The molecule has 2 rings (SSSR count). The number of nitrogens with one attached hydrogen (secondary N) is 1. The average molecular weight is 375 g/mol. The van der Waals surface area contributed by atoms with Crippen LogP contribution < -0.4 is 10.1 Å². The molecule has 106 valence electrons. The summed E-state index contributed by atoms with van der Waals surface area (Å²) >= 11 is 2.29. The highest BCUT2D eigenvalue weighted by atomic mass is 127. The van der Waals surface area contributed by atoms with Gasteiger partial charge in [-0.15, -0.1) is 0 Å². The fraction of sp³-hybridized carbons (Fsp3) is 0.600. The number of fused-ring (bicyclic) bond motifs is 1. The molecule has 0 saturated carbocycles. The van der Waals surface area contributed by atoms with Gasteiger partial charge in [-0.25, -0.2) is 0 Å². The lowest BCUT2D eigenvalue weighted by atomic mass is 9.90. The van der Waals surface area contributed by atoms with Crippen LogP contribution in [0.4, 0.5) is 5.69 Å². The molecule has 1 atom stereocenters. The van der Waals surface area contributed by atoms with Crippen LogP contribution in [-0.4, -0.2) is 11.5 Å². The lowest BCUT2D eigenvalue weighted by molar-refractivity contribution is -0.260. The molecule has 1 N–H and O–H groups in total. The molecule has 3 nitrogen and oxygen atoms in total. The molecule has 0 amide bonds. The Labute approximate surface area is 129 Å². The molecule has 0 aliphatic carbocycles. The standard InChI is InChI=1S/C15H22INO2/c1-13(2,3)15(19-14(4,5)6)17-11-9-7-8-10(16)12(11)18-15/h7-9,17H,1-6H3. The van der Waals surface area contributed by atoms with Crippen molar-refractivity contribution in [3.8, 4) is 5.75 Å². The third-order valence-electron chi connectivity index (χ3n) is 2.95. The SMILES string of the molecule is CC(C)(C)OC1(C(C)(C)C)Nc2cccc(I)c2O1. The molecule has 1 heterocycles. The lowest BCUT2D eigenvalue weighted by Gasteiger charge is -2.43. The fourth-order valence-electron chi connectivity index (χ4n) is 2.03. The first-order valence-corrected chi connectivity index (χ1v) is 7.58. The summed E-state index contributed by atoms with van der Waals surface area (Å²) in [5.74, 6) is 0.0387. The van der Waals surface area contributed by atoms with Crippen molar-refractivity contribution >= 4 is 28.3 Å². The molecule has 1 unspecified atom stereocenters. The van der Waals surface area contributed by atoms with Gasteiger partial charge in [0.25, 0.3) is 5.91 Å². The van der Waals surface area contributed by atoms with E-state index in [1.54, 1.807) is 0 Å². The van der Waals surface area contributed by atoms with E-state index in [1.165, 1.54) is 0 Å². The van der Waals surface area contributed by atoms with Crippen molar-refractivity contribution in [2.45, 2.75) is 53.1 Å². The summed E-state index contributed by atoms with van der Waals surface area (Å²) in [6.45, 7) is 12.5. The Morgan fingerprint density at radius 2 is 1.79 bits per heavy atom. The predicted molar refractivity (Wildman–Crippen MR) is 86.4 cm³/mol. The normalized spacial score (nSPS) is 22.7. The van der Waals surface area contributed by atoms with Crippen LogP contribution in [0.15, 0.2) is 18.2 Å². The van der Waals surface area contributed by atoms with E-state index in [9.17, 15) is 0 Å². The number of hydrogen-bond donors (Lipinski definition) is 1. The average Bonchev–Trinajstić information content (AvgIpc) is 2.55. The maximum absolute atomic E-state index is 6.25. The molecule has 0 saturated heterocycles. The summed E-state index contributed by atoms with van der Waals surface area (Å²) in [4.78, 5) is 0. The van der Waals surface area contributed by atoms with Crippen molar-refractivity contribution in [1.29, 1.82) is 0 Å². The van der Waals surface area contributed by atoms with Crippen LogP contribution in [-0.2, 0) is 4.74 Å². The van der Waals surface area contributed by atoms with Gasteiger partial charge in [0.2, 0.25) is 0 Å². The quantitative estimate of drug-likeness (QED) is 0.728. The summed E-state index contributed by atoms with van der Waals surface area (Å²) in [6, 6.07) is 6.08. The molecule has 1 aromatic rings. The maximum Gasteiger partial charge on any atom is 0.298 e. The Kier molecular flexibility index (Phi) is 3.54. The van der Waals surface area contributed by atoms with Gasteiger partial charge in [0.05, 0.1) is 14.9 Å². The third-order valence-corrected chi connectivity index (χ3v) is 3.80. The van der Waals surface area contributed by atoms with Gasteiger partial charge in [-0.3, -0.25) is 0 Å². The molecule has 1 aliphatic heterocycles. The van der Waals surface area contributed by atoms with Crippen molar-refractivity contribution in [3.05, 3.63) is 21.8 Å². The topological polar surface area (TPSA) is 30.5 Å². The first kappa shape index (κ1) is 14.9. The Morgan fingerprint density at radius 1 is 1.16 bits per heavy atom. The second-order valence-electron chi connectivity index (χ2n) is 6.92. The van der Waals surface area contributed by atoms with Gasteiger partial charge in [0.1, 0.15) is 0 Å². The third kappa shape index (κ3) is 2.84. The molecule has 1 aromatic carbocycles. The Morgan fingerprint density at radius 3 is 2.26 bits per heavy atom. The molecule has 1 aliphatic rings. The van der Waals surface area contributed by atoms with Crippen LogP contribution in [0.5, 0.6) is 5.75 Å². The van der Waals surface area contributed by atoms with Crippen LogP contribution in [0.1, 0.15) is 41.5 Å². The Bertz CT molecular complexity index is 488.